The Morgan fingerprint density at radius 2 is 2.06 bits per heavy atom. The molecular weight excluding hydrogens is 206 g/mol. The first kappa shape index (κ1) is 10.6. The lowest BCUT2D eigenvalue weighted by atomic mass is 9.97. The second-order valence-electron chi connectivity index (χ2n) is 3.56. The Hall–Kier alpha value is -1.88. The van der Waals surface area contributed by atoms with Gasteiger partial charge in [0.1, 0.15) is 0 Å². The van der Waals surface area contributed by atoms with Crippen LogP contribution in [0.5, 0.6) is 0 Å². The number of hydrogen-bond acceptors (Lipinski definition) is 0. The van der Waals surface area contributed by atoms with E-state index < -0.39 is 11.6 Å². The van der Waals surface area contributed by atoms with Crippen molar-refractivity contribution >= 4 is 10.8 Å². The fourth-order valence-electron chi connectivity index (χ4n) is 1.90. The highest BCUT2D eigenvalue weighted by Gasteiger charge is 2.13. The zero-order valence-corrected chi connectivity index (χ0v) is 8.85. The monoisotopic (exact) mass is 216 g/mol. The minimum absolute atomic E-state index is 0.0208. The average molecular weight is 216 g/mol. The van der Waals surface area contributed by atoms with Crippen molar-refractivity contribution in [3.63, 3.8) is 0 Å². The van der Waals surface area contributed by atoms with Gasteiger partial charge in [-0.15, -0.1) is 6.42 Å². The van der Waals surface area contributed by atoms with E-state index in [4.69, 9.17) is 6.42 Å². The molecule has 2 heteroatoms. The van der Waals surface area contributed by atoms with Crippen molar-refractivity contribution in [1.82, 2.24) is 0 Å². The van der Waals surface area contributed by atoms with Gasteiger partial charge >= 0.3 is 0 Å². The lowest BCUT2D eigenvalue weighted by molar-refractivity contribution is 0.509. The first-order valence-electron chi connectivity index (χ1n) is 5.05. The molecule has 2 aromatic rings. The van der Waals surface area contributed by atoms with Gasteiger partial charge in [0.05, 0.1) is 5.56 Å². The molecule has 0 aliphatic heterocycles. The fourth-order valence-corrected chi connectivity index (χ4v) is 1.90. The summed E-state index contributed by atoms with van der Waals surface area (Å²) < 4.78 is 26.8. The summed E-state index contributed by atoms with van der Waals surface area (Å²) >= 11 is 0. The molecule has 0 nitrogen and oxygen atoms in total. The van der Waals surface area contributed by atoms with Gasteiger partial charge in [-0.2, -0.15) is 0 Å². The Labute approximate surface area is 92.9 Å². The largest absolute Gasteiger partial charge is 0.204 e. The summed E-state index contributed by atoms with van der Waals surface area (Å²) in [6, 6.07) is 6.61. The average Bonchev–Trinajstić information content (AvgIpc) is 2.30. The highest BCUT2D eigenvalue weighted by Crippen LogP contribution is 2.27. The van der Waals surface area contributed by atoms with Gasteiger partial charge in [0, 0.05) is 5.39 Å². The van der Waals surface area contributed by atoms with Gasteiger partial charge in [0.25, 0.3) is 0 Å². The highest BCUT2D eigenvalue weighted by molar-refractivity contribution is 5.91. The Balaban J connectivity index is 2.99. The van der Waals surface area contributed by atoms with Gasteiger partial charge in [-0.25, -0.2) is 8.78 Å². The van der Waals surface area contributed by atoms with E-state index in [0.717, 1.165) is 12.0 Å². The number of hydrogen-bond donors (Lipinski definition) is 0. The molecule has 0 saturated heterocycles. The molecule has 0 radical (unpaired) electrons. The van der Waals surface area contributed by atoms with E-state index in [2.05, 4.69) is 5.92 Å². The number of fused-ring (bicyclic) bond motifs is 1. The van der Waals surface area contributed by atoms with Crippen LogP contribution in [-0.4, -0.2) is 0 Å². The molecule has 0 aromatic heterocycles. The van der Waals surface area contributed by atoms with Crippen molar-refractivity contribution in [3.05, 3.63) is 47.0 Å². The first-order valence-corrected chi connectivity index (χ1v) is 5.05. The third-order valence-electron chi connectivity index (χ3n) is 2.67. The molecule has 0 N–H and O–H groups in total. The van der Waals surface area contributed by atoms with Crippen molar-refractivity contribution in [1.29, 1.82) is 0 Å². The number of rotatable bonds is 1. The first-order chi connectivity index (χ1) is 7.69. The van der Waals surface area contributed by atoms with E-state index in [9.17, 15) is 8.78 Å². The van der Waals surface area contributed by atoms with Gasteiger partial charge in [0.15, 0.2) is 11.6 Å². The van der Waals surface area contributed by atoms with Crippen LogP contribution in [0.1, 0.15) is 18.1 Å². The van der Waals surface area contributed by atoms with Crippen LogP contribution in [0.15, 0.2) is 24.3 Å². The zero-order chi connectivity index (χ0) is 11.7. The molecular formula is C14H10F2. The standard InChI is InChI=1S/C14H10F2/c1-3-9-6-5-7-10-8-12(15)14(16)11(4-2)13(9)10/h2,5-8H,3H2,1H3. The third kappa shape index (κ3) is 1.45. The molecule has 0 fully saturated rings. The summed E-state index contributed by atoms with van der Waals surface area (Å²) in [4.78, 5) is 0. The summed E-state index contributed by atoms with van der Waals surface area (Å²) in [5.41, 5.74) is 0.955. The zero-order valence-electron chi connectivity index (χ0n) is 8.85. The maximum absolute atomic E-state index is 13.5. The van der Waals surface area contributed by atoms with Crippen LogP contribution in [0.25, 0.3) is 10.8 Å². The van der Waals surface area contributed by atoms with Gasteiger partial charge in [0.2, 0.25) is 0 Å². The molecule has 0 amide bonds. The number of aryl methyl sites for hydroxylation is 1. The summed E-state index contributed by atoms with van der Waals surface area (Å²) in [5, 5.41) is 1.29. The van der Waals surface area contributed by atoms with Crippen LogP contribution in [0.2, 0.25) is 0 Å². The van der Waals surface area contributed by atoms with Gasteiger partial charge in [-0.1, -0.05) is 31.0 Å². The quantitative estimate of drug-likeness (QED) is 0.638. The predicted octanol–water partition coefficient (Wildman–Crippen LogP) is 3.66. The van der Waals surface area contributed by atoms with Gasteiger partial charge in [-0.05, 0) is 23.4 Å². The van der Waals surface area contributed by atoms with Crippen molar-refractivity contribution < 1.29 is 8.78 Å². The fraction of sp³-hybridized carbons (Fsp3) is 0.143. The Morgan fingerprint density at radius 1 is 1.31 bits per heavy atom. The van der Waals surface area contributed by atoms with E-state index in [0.29, 0.717) is 10.8 Å². The normalized spacial score (nSPS) is 10.4. The molecule has 16 heavy (non-hydrogen) atoms. The molecule has 80 valence electrons. The highest BCUT2D eigenvalue weighted by atomic mass is 19.2. The molecule has 0 unspecified atom stereocenters. The molecule has 0 aliphatic carbocycles. The van der Waals surface area contributed by atoms with Crippen LogP contribution in [0, 0.1) is 24.0 Å². The summed E-state index contributed by atoms with van der Waals surface area (Å²) in [6.07, 6.45) is 5.99. The third-order valence-corrected chi connectivity index (χ3v) is 2.67. The lowest BCUT2D eigenvalue weighted by Gasteiger charge is -2.08. The SMILES string of the molecule is C#Cc1c(F)c(F)cc2cccc(CC)c12. The van der Waals surface area contributed by atoms with E-state index in [1.807, 2.05) is 19.1 Å². The molecule has 0 aliphatic rings. The van der Waals surface area contributed by atoms with Crippen LogP contribution < -0.4 is 0 Å². The Morgan fingerprint density at radius 3 is 2.69 bits per heavy atom. The maximum Gasteiger partial charge on any atom is 0.175 e. The molecule has 2 aromatic carbocycles. The molecule has 2 rings (SSSR count). The summed E-state index contributed by atoms with van der Waals surface area (Å²) in [5.74, 6) is 0.410. The Bertz CT molecular complexity index is 592. The smallest absolute Gasteiger partial charge is 0.175 e. The lowest BCUT2D eigenvalue weighted by Crippen LogP contribution is -1.95. The molecule has 0 saturated carbocycles. The maximum atomic E-state index is 13.5. The van der Waals surface area contributed by atoms with Crippen molar-refractivity contribution in [2.45, 2.75) is 13.3 Å². The van der Waals surface area contributed by atoms with E-state index >= 15 is 0 Å². The summed E-state index contributed by atoms with van der Waals surface area (Å²) in [7, 11) is 0. The minimum Gasteiger partial charge on any atom is -0.204 e. The van der Waals surface area contributed by atoms with Crippen molar-refractivity contribution in [2.75, 3.05) is 0 Å². The predicted molar refractivity (Wildman–Crippen MR) is 61.2 cm³/mol. The van der Waals surface area contributed by atoms with Crippen molar-refractivity contribution in [3.8, 4) is 12.3 Å². The molecule has 0 heterocycles. The van der Waals surface area contributed by atoms with Crippen LogP contribution in [0.4, 0.5) is 8.78 Å². The number of terminal acetylenes is 1. The molecule has 0 atom stereocenters. The molecule has 0 bridgehead atoms. The van der Waals surface area contributed by atoms with Crippen LogP contribution in [-0.2, 0) is 6.42 Å². The van der Waals surface area contributed by atoms with Crippen LogP contribution >= 0.6 is 0 Å². The van der Waals surface area contributed by atoms with E-state index in [1.54, 1.807) is 6.07 Å². The van der Waals surface area contributed by atoms with E-state index in [1.165, 1.54) is 6.07 Å². The molecule has 0 spiro atoms. The second kappa shape index (κ2) is 3.94. The Kier molecular flexibility index (Phi) is 2.62. The summed E-state index contributed by atoms with van der Waals surface area (Å²) in [6.45, 7) is 1.95. The second-order valence-corrected chi connectivity index (χ2v) is 3.56. The minimum atomic E-state index is -0.934. The van der Waals surface area contributed by atoms with Crippen LogP contribution in [0.3, 0.4) is 0 Å². The topological polar surface area (TPSA) is 0 Å². The van der Waals surface area contributed by atoms with E-state index in [-0.39, 0.29) is 5.56 Å². The van der Waals surface area contributed by atoms with Gasteiger partial charge < -0.3 is 0 Å². The van der Waals surface area contributed by atoms with Crippen molar-refractivity contribution in [2.24, 2.45) is 0 Å². The van der Waals surface area contributed by atoms with Gasteiger partial charge in [-0.3, -0.25) is 0 Å². The number of halogens is 2. The number of benzene rings is 2.